The summed E-state index contributed by atoms with van der Waals surface area (Å²) in [5, 5.41) is 0. The number of aryl methyl sites for hydroxylation is 3. The van der Waals surface area contributed by atoms with Gasteiger partial charge in [0.05, 0.1) is 14.2 Å². The van der Waals surface area contributed by atoms with Crippen LogP contribution < -0.4 is 9.47 Å². The van der Waals surface area contributed by atoms with Crippen molar-refractivity contribution in [3.05, 3.63) is 64.2 Å². The van der Waals surface area contributed by atoms with Crippen molar-refractivity contribution in [2.24, 2.45) is 0 Å². The molecule has 23 heavy (non-hydrogen) atoms. The summed E-state index contributed by atoms with van der Waals surface area (Å²) in [4.78, 5) is 12.6. The molecule has 3 heteroatoms. The first-order valence-electron chi connectivity index (χ1n) is 7.49. The highest BCUT2D eigenvalue weighted by atomic mass is 16.5. The average Bonchev–Trinajstić information content (AvgIpc) is 2.52. The number of hydrogen-bond acceptors (Lipinski definition) is 3. The van der Waals surface area contributed by atoms with Gasteiger partial charge in [-0.05, 0) is 55.7 Å². The Hall–Kier alpha value is -2.55. The number of hydrogen-bond donors (Lipinski definition) is 0. The van der Waals surface area contributed by atoms with Crippen molar-refractivity contribution in [1.82, 2.24) is 0 Å². The number of carbonyl (C=O) groups is 1. The molecule has 0 saturated heterocycles. The molecule has 0 amide bonds. The van der Waals surface area contributed by atoms with Crippen molar-refractivity contribution >= 4 is 11.9 Å². The van der Waals surface area contributed by atoms with E-state index in [-0.39, 0.29) is 5.78 Å². The summed E-state index contributed by atoms with van der Waals surface area (Å²) in [5.74, 6) is 0.881. The number of rotatable bonds is 5. The Morgan fingerprint density at radius 3 is 1.96 bits per heavy atom. The minimum Gasteiger partial charge on any atom is -0.496 e. The van der Waals surface area contributed by atoms with Gasteiger partial charge in [-0.25, -0.2) is 0 Å². The van der Waals surface area contributed by atoms with Crippen LogP contribution >= 0.6 is 0 Å². The summed E-state index contributed by atoms with van der Waals surface area (Å²) in [6.07, 6.45) is 3.43. The van der Waals surface area contributed by atoms with E-state index in [1.165, 1.54) is 5.56 Å². The Morgan fingerprint density at radius 1 is 0.957 bits per heavy atom. The molecule has 0 heterocycles. The van der Waals surface area contributed by atoms with Crippen LogP contribution in [-0.4, -0.2) is 20.0 Å². The molecule has 0 aliphatic rings. The smallest absolute Gasteiger partial charge is 0.193 e. The van der Waals surface area contributed by atoms with Gasteiger partial charge < -0.3 is 9.47 Å². The predicted molar refractivity (Wildman–Crippen MR) is 93.6 cm³/mol. The molecule has 2 aromatic rings. The van der Waals surface area contributed by atoms with E-state index < -0.39 is 0 Å². The van der Waals surface area contributed by atoms with E-state index in [0.717, 1.165) is 16.7 Å². The SMILES string of the molecule is COc1cccc(OC)c1C(=O)C=Cc1c(C)cc(C)cc1C. The Balaban J connectivity index is 2.40. The number of ketones is 1. The molecule has 0 saturated carbocycles. The molecule has 0 atom stereocenters. The second kappa shape index (κ2) is 7.14. The summed E-state index contributed by atoms with van der Waals surface area (Å²) in [6.45, 7) is 6.17. The van der Waals surface area contributed by atoms with Crippen molar-refractivity contribution in [3.8, 4) is 11.5 Å². The molecular formula is C20H22O3. The summed E-state index contributed by atoms with van der Waals surface area (Å²) >= 11 is 0. The van der Waals surface area contributed by atoms with Crippen molar-refractivity contribution < 1.29 is 14.3 Å². The van der Waals surface area contributed by atoms with Crippen LogP contribution in [0.2, 0.25) is 0 Å². The summed E-state index contributed by atoms with van der Waals surface area (Å²) in [5.41, 5.74) is 5.03. The average molecular weight is 310 g/mol. The van der Waals surface area contributed by atoms with Gasteiger partial charge in [-0.2, -0.15) is 0 Å². The molecule has 120 valence electrons. The Labute approximate surface area is 137 Å². The lowest BCUT2D eigenvalue weighted by Gasteiger charge is -2.11. The highest BCUT2D eigenvalue weighted by molar-refractivity contribution is 6.10. The fraction of sp³-hybridized carbons (Fsp3) is 0.250. The summed E-state index contributed by atoms with van der Waals surface area (Å²) < 4.78 is 10.6. The normalized spacial score (nSPS) is 10.8. The van der Waals surface area contributed by atoms with E-state index in [9.17, 15) is 4.79 Å². The van der Waals surface area contributed by atoms with Gasteiger partial charge >= 0.3 is 0 Å². The van der Waals surface area contributed by atoms with Crippen molar-refractivity contribution in [2.45, 2.75) is 20.8 Å². The first-order chi connectivity index (χ1) is 11.0. The molecule has 0 unspecified atom stereocenters. The molecule has 3 nitrogen and oxygen atoms in total. The number of allylic oxidation sites excluding steroid dienone is 1. The van der Waals surface area contributed by atoms with E-state index in [1.807, 2.05) is 19.9 Å². The zero-order chi connectivity index (χ0) is 17.0. The molecule has 0 bridgehead atoms. The maximum Gasteiger partial charge on any atom is 0.193 e. The van der Waals surface area contributed by atoms with Crippen LogP contribution in [-0.2, 0) is 0 Å². The van der Waals surface area contributed by atoms with Gasteiger partial charge in [-0.3, -0.25) is 4.79 Å². The zero-order valence-electron chi connectivity index (χ0n) is 14.3. The molecule has 2 aromatic carbocycles. The van der Waals surface area contributed by atoms with Crippen LogP contribution in [0.25, 0.3) is 6.08 Å². The minimum atomic E-state index is -0.140. The monoisotopic (exact) mass is 310 g/mol. The number of carbonyl (C=O) groups excluding carboxylic acids is 1. The Morgan fingerprint density at radius 2 is 1.48 bits per heavy atom. The van der Waals surface area contributed by atoms with Gasteiger partial charge in [-0.1, -0.05) is 29.8 Å². The highest BCUT2D eigenvalue weighted by Crippen LogP contribution is 2.29. The molecule has 0 aliphatic carbocycles. The molecule has 0 spiro atoms. The van der Waals surface area contributed by atoms with Gasteiger partial charge in [0.15, 0.2) is 5.78 Å². The first-order valence-corrected chi connectivity index (χ1v) is 7.49. The number of methoxy groups -OCH3 is 2. The van der Waals surface area contributed by atoms with Crippen LogP contribution in [0.3, 0.4) is 0 Å². The lowest BCUT2D eigenvalue weighted by molar-refractivity contribution is 0.104. The van der Waals surface area contributed by atoms with E-state index in [1.54, 1.807) is 38.5 Å². The maximum absolute atomic E-state index is 12.6. The first kappa shape index (κ1) is 16.8. The largest absolute Gasteiger partial charge is 0.496 e. The molecule has 2 rings (SSSR count). The molecule has 0 aliphatic heterocycles. The Bertz CT molecular complexity index is 712. The maximum atomic E-state index is 12.6. The van der Waals surface area contributed by atoms with E-state index in [0.29, 0.717) is 17.1 Å². The third kappa shape index (κ3) is 3.62. The standard InChI is InChI=1S/C20H22O3/c1-13-11-14(2)16(15(3)12-13)9-10-17(21)20-18(22-4)7-6-8-19(20)23-5/h6-12H,1-5H3. The second-order valence-corrected chi connectivity index (χ2v) is 5.55. The summed E-state index contributed by atoms with van der Waals surface area (Å²) in [6, 6.07) is 9.53. The van der Waals surface area contributed by atoms with Crippen LogP contribution in [0.15, 0.2) is 36.4 Å². The molecular weight excluding hydrogens is 288 g/mol. The lowest BCUT2D eigenvalue weighted by Crippen LogP contribution is -2.02. The topological polar surface area (TPSA) is 35.5 Å². The van der Waals surface area contributed by atoms with Crippen molar-refractivity contribution in [1.29, 1.82) is 0 Å². The fourth-order valence-corrected chi connectivity index (χ4v) is 2.79. The van der Waals surface area contributed by atoms with Crippen molar-refractivity contribution in [3.63, 3.8) is 0 Å². The quantitative estimate of drug-likeness (QED) is 0.601. The van der Waals surface area contributed by atoms with Gasteiger partial charge in [0.25, 0.3) is 0 Å². The molecule has 0 N–H and O–H groups in total. The zero-order valence-corrected chi connectivity index (χ0v) is 14.3. The van der Waals surface area contributed by atoms with E-state index >= 15 is 0 Å². The van der Waals surface area contributed by atoms with Gasteiger partial charge in [0.2, 0.25) is 0 Å². The van der Waals surface area contributed by atoms with Gasteiger partial charge in [0, 0.05) is 0 Å². The summed E-state index contributed by atoms with van der Waals surface area (Å²) in [7, 11) is 3.09. The number of benzene rings is 2. The third-order valence-electron chi connectivity index (χ3n) is 3.81. The second-order valence-electron chi connectivity index (χ2n) is 5.55. The van der Waals surface area contributed by atoms with E-state index in [2.05, 4.69) is 19.1 Å². The molecule has 0 aromatic heterocycles. The Kier molecular flexibility index (Phi) is 5.22. The lowest BCUT2D eigenvalue weighted by atomic mass is 9.98. The predicted octanol–water partition coefficient (Wildman–Crippen LogP) is 4.53. The third-order valence-corrected chi connectivity index (χ3v) is 3.81. The van der Waals surface area contributed by atoms with Crippen LogP contribution in [0.1, 0.15) is 32.6 Å². The van der Waals surface area contributed by atoms with Crippen LogP contribution in [0.5, 0.6) is 11.5 Å². The highest BCUT2D eigenvalue weighted by Gasteiger charge is 2.15. The molecule has 0 radical (unpaired) electrons. The fourth-order valence-electron chi connectivity index (χ4n) is 2.79. The van der Waals surface area contributed by atoms with Gasteiger partial charge in [0.1, 0.15) is 17.1 Å². The molecule has 0 fully saturated rings. The van der Waals surface area contributed by atoms with E-state index in [4.69, 9.17) is 9.47 Å². The van der Waals surface area contributed by atoms with Crippen LogP contribution in [0, 0.1) is 20.8 Å². The number of ether oxygens (including phenoxy) is 2. The van der Waals surface area contributed by atoms with Crippen molar-refractivity contribution in [2.75, 3.05) is 14.2 Å². The minimum absolute atomic E-state index is 0.140. The van der Waals surface area contributed by atoms with Gasteiger partial charge in [-0.15, -0.1) is 0 Å². The van der Waals surface area contributed by atoms with Crippen LogP contribution in [0.4, 0.5) is 0 Å².